The van der Waals surface area contributed by atoms with E-state index in [-0.39, 0.29) is 8.55 Å². The van der Waals surface area contributed by atoms with Crippen LogP contribution in [0.3, 0.4) is 0 Å². The molecule has 0 nitrogen and oxygen atoms in total. The van der Waals surface area contributed by atoms with Gasteiger partial charge in [0.25, 0.3) is 0 Å². The second-order valence-corrected chi connectivity index (χ2v) is 54.5. The molecular formula is C12H30Cl6Si3Sn2. The van der Waals surface area contributed by atoms with Gasteiger partial charge in [-0.3, -0.25) is 0 Å². The van der Waals surface area contributed by atoms with Crippen LogP contribution in [-0.2, 0) is 0 Å². The molecule has 0 saturated heterocycles. The van der Waals surface area contributed by atoms with Crippen molar-refractivity contribution in [1.29, 1.82) is 0 Å². The van der Waals surface area contributed by atoms with Crippen LogP contribution in [0.2, 0.25) is 26.6 Å². The second-order valence-electron chi connectivity index (χ2n) is 4.74. The van der Waals surface area contributed by atoms with E-state index in [1.807, 2.05) is 0 Å². The molecule has 140 valence electrons. The minimum Gasteiger partial charge on any atom is -0.131 e. The molecule has 0 fully saturated rings. The molecule has 0 bridgehead atoms. The Labute approximate surface area is 191 Å². The summed E-state index contributed by atoms with van der Waals surface area (Å²) in [4.78, 5) is 0. The van der Waals surface area contributed by atoms with Crippen LogP contribution < -0.4 is 0 Å². The Morgan fingerprint density at radius 1 is 0.522 bits per heavy atom. The summed E-state index contributed by atoms with van der Waals surface area (Å²) in [6.45, 7) is 14.1. The molecule has 0 saturated carbocycles. The first-order chi connectivity index (χ1) is 10.4. The summed E-state index contributed by atoms with van der Waals surface area (Å²) < 4.78 is 9.30. The van der Waals surface area contributed by atoms with E-state index in [1.165, 1.54) is 0 Å². The number of hydrogen-bond acceptors (Lipinski definition) is 0. The third-order valence-corrected chi connectivity index (χ3v) is 43.1. The van der Waals surface area contributed by atoms with Gasteiger partial charge < -0.3 is 0 Å². The van der Waals surface area contributed by atoms with Crippen molar-refractivity contribution in [2.45, 2.75) is 68.2 Å². The molecule has 0 unspecified atom stereocenters. The fourth-order valence-corrected chi connectivity index (χ4v) is 49.1. The second kappa shape index (κ2) is 19.3. The van der Waals surface area contributed by atoms with Gasteiger partial charge in [-0.15, -0.1) is 66.5 Å². The van der Waals surface area contributed by atoms with Gasteiger partial charge in [-0.2, -0.15) is 0 Å². The molecule has 0 aliphatic heterocycles. The normalized spacial score (nSPS) is 11.7. The summed E-state index contributed by atoms with van der Waals surface area (Å²) in [6, 6.07) is 0. The Hall–Kier alpha value is 3.99. The zero-order chi connectivity index (χ0) is 19.1. The van der Waals surface area contributed by atoms with E-state index >= 15 is 0 Å². The first-order valence-corrected chi connectivity index (χ1v) is 33.2. The quantitative estimate of drug-likeness (QED) is 0.177. The molecule has 0 aliphatic carbocycles. The van der Waals surface area contributed by atoms with Gasteiger partial charge in [0.2, 0.25) is 0 Å². The Kier molecular flexibility index (Phi) is 26.6. The van der Waals surface area contributed by atoms with Gasteiger partial charge in [-0.25, -0.2) is 0 Å². The minimum atomic E-state index is -2.68. The molecule has 0 rings (SSSR count). The summed E-state index contributed by atoms with van der Waals surface area (Å²) in [7, 11) is -0.0787. The van der Waals surface area contributed by atoms with Crippen LogP contribution in [0.25, 0.3) is 0 Å². The van der Waals surface area contributed by atoms with Crippen molar-refractivity contribution in [3.63, 3.8) is 0 Å². The van der Waals surface area contributed by atoms with E-state index in [1.54, 1.807) is 26.6 Å². The summed E-state index contributed by atoms with van der Waals surface area (Å²) in [6.07, 6.45) is 0. The van der Waals surface area contributed by atoms with E-state index in [0.29, 0.717) is 0 Å². The molecular weight excluding hydrogens is 679 g/mol. The Bertz CT molecular complexity index is 209. The molecule has 0 amide bonds. The van der Waals surface area contributed by atoms with E-state index in [0.717, 1.165) is 0 Å². The molecule has 0 aromatic carbocycles. The van der Waals surface area contributed by atoms with Gasteiger partial charge in [0.15, 0.2) is 0 Å². The summed E-state index contributed by atoms with van der Waals surface area (Å²) in [5, 5.41) is 0. The van der Waals surface area contributed by atoms with Crippen molar-refractivity contribution in [2.75, 3.05) is 0 Å². The van der Waals surface area contributed by atoms with Gasteiger partial charge >= 0.3 is 119 Å². The standard InChI is InChI=1S/6C2H5.Cl6Si3.2Sn/c6*1-2;1-8(2,3)7-9(4,5)6;;/h6*1H2,2H3;;;. The summed E-state index contributed by atoms with van der Waals surface area (Å²) in [5.74, 6) is 0. The first-order valence-electron chi connectivity index (χ1n) is 8.00. The monoisotopic (exact) mass is 708 g/mol. The van der Waals surface area contributed by atoms with Gasteiger partial charge in [0.1, 0.15) is 8.55 Å². The molecule has 0 spiro atoms. The van der Waals surface area contributed by atoms with Crippen molar-refractivity contribution in [3.05, 3.63) is 0 Å². The van der Waals surface area contributed by atoms with Crippen LogP contribution >= 0.6 is 66.5 Å². The van der Waals surface area contributed by atoms with Crippen molar-refractivity contribution in [2.24, 2.45) is 0 Å². The van der Waals surface area contributed by atoms with Gasteiger partial charge in [0.05, 0.1) is 0 Å². The van der Waals surface area contributed by atoms with Gasteiger partial charge in [0, 0.05) is 0 Å². The van der Waals surface area contributed by atoms with Crippen LogP contribution in [0.5, 0.6) is 0 Å². The van der Waals surface area contributed by atoms with Crippen LogP contribution in [0.1, 0.15) is 41.5 Å². The van der Waals surface area contributed by atoms with Gasteiger partial charge in [-0.1, -0.05) is 0 Å². The largest absolute Gasteiger partial charge is 0.321 e. The number of rotatable bonds is 8. The van der Waals surface area contributed by atoms with E-state index < -0.39 is 50.6 Å². The van der Waals surface area contributed by atoms with Crippen LogP contribution in [0.4, 0.5) is 0 Å². The maximum absolute atomic E-state index is 5.48. The summed E-state index contributed by atoms with van der Waals surface area (Å²) >= 11 is 31.6. The molecule has 23 heavy (non-hydrogen) atoms. The van der Waals surface area contributed by atoms with Crippen LogP contribution in [-0.4, -0.2) is 59.1 Å². The number of hydrogen-bond donors (Lipinski definition) is 0. The van der Waals surface area contributed by atoms with Crippen LogP contribution in [0, 0.1) is 0 Å². The van der Waals surface area contributed by atoms with Crippen molar-refractivity contribution in [3.8, 4) is 0 Å². The zero-order valence-electron chi connectivity index (χ0n) is 15.0. The minimum absolute atomic E-state index is 0.0787. The smallest absolute Gasteiger partial charge is 0.131 e. The Balaban J connectivity index is -0.000000264. The summed E-state index contributed by atoms with van der Waals surface area (Å²) in [5.41, 5.74) is -5.36. The molecule has 0 aromatic heterocycles. The molecule has 4 radical (unpaired) electrons. The topological polar surface area (TPSA) is 0 Å². The van der Waals surface area contributed by atoms with Crippen molar-refractivity contribution >= 4 is 126 Å². The molecule has 0 atom stereocenters. The average molecular weight is 709 g/mol. The Morgan fingerprint density at radius 3 is 0.696 bits per heavy atom. The molecule has 0 N–H and O–H groups in total. The molecule has 11 heteroatoms. The molecule has 0 heterocycles. The first kappa shape index (κ1) is 31.7. The van der Waals surface area contributed by atoms with E-state index in [9.17, 15) is 0 Å². The third kappa shape index (κ3) is 30.9. The number of halogens is 6. The predicted octanol–water partition coefficient (Wildman–Crippen LogP) is 8.08. The zero-order valence-corrected chi connectivity index (χ0v) is 28.3. The maximum Gasteiger partial charge on any atom is 0.321 e. The van der Waals surface area contributed by atoms with Crippen molar-refractivity contribution in [1.82, 2.24) is 0 Å². The fourth-order valence-electron chi connectivity index (χ4n) is 1.66. The fraction of sp³-hybridized carbons (Fsp3) is 1.00. The Morgan fingerprint density at radius 2 is 0.696 bits per heavy atom. The predicted molar refractivity (Wildman–Crippen MR) is 127 cm³/mol. The maximum atomic E-state index is 5.48. The van der Waals surface area contributed by atoms with Gasteiger partial charge in [-0.05, 0) is 0 Å². The van der Waals surface area contributed by atoms with Crippen molar-refractivity contribution < 1.29 is 0 Å². The average Bonchev–Trinajstić information content (AvgIpc) is 2.40. The molecule has 0 aliphatic rings. The van der Waals surface area contributed by atoms with E-state index in [2.05, 4.69) is 41.5 Å². The van der Waals surface area contributed by atoms with Crippen LogP contribution in [0.15, 0.2) is 0 Å². The van der Waals surface area contributed by atoms with E-state index in [4.69, 9.17) is 66.5 Å². The SMILES string of the molecule is C[CH2][Sn]([CH2]C)[CH2]C.C[CH2][Sn]([CH2]C)[CH2]C.Cl[Si](Cl)(Cl)[Si][Si](Cl)(Cl)Cl. The third-order valence-electron chi connectivity index (χ3n) is 3.28. The molecule has 0 aromatic rings.